The Balaban J connectivity index is 0.000000298. The van der Waals surface area contributed by atoms with Gasteiger partial charge in [0.2, 0.25) is 0 Å². The van der Waals surface area contributed by atoms with Gasteiger partial charge < -0.3 is 14.7 Å². The highest BCUT2D eigenvalue weighted by Crippen LogP contribution is 2.34. The van der Waals surface area contributed by atoms with Crippen LogP contribution in [0.5, 0.6) is 0 Å². The average Bonchev–Trinajstić information content (AvgIpc) is 3.41. The molecule has 162 valence electrons. The molecule has 4 rings (SSSR count). The van der Waals surface area contributed by atoms with Gasteiger partial charge >= 0.3 is 12.1 Å². The molecule has 6 nitrogen and oxygen atoms in total. The average molecular weight is 434 g/mol. The third-order valence-corrected chi connectivity index (χ3v) is 6.48. The van der Waals surface area contributed by atoms with E-state index in [2.05, 4.69) is 9.80 Å². The van der Waals surface area contributed by atoms with Crippen LogP contribution in [-0.2, 0) is 9.53 Å². The van der Waals surface area contributed by atoms with E-state index in [0.29, 0.717) is 12.1 Å². The van der Waals surface area contributed by atoms with E-state index < -0.39 is 12.1 Å². The van der Waals surface area contributed by atoms with E-state index in [-0.39, 0.29) is 5.91 Å². The lowest BCUT2D eigenvalue weighted by Crippen LogP contribution is -2.41. The van der Waals surface area contributed by atoms with Crippen LogP contribution in [0.4, 0.5) is 13.2 Å². The summed E-state index contributed by atoms with van der Waals surface area (Å²) in [7, 11) is 0. The number of ether oxygens (including phenoxy) is 1. The van der Waals surface area contributed by atoms with E-state index in [1.54, 1.807) is 11.3 Å². The lowest BCUT2D eigenvalue weighted by atomic mass is 9.99. The first-order valence-corrected chi connectivity index (χ1v) is 10.7. The summed E-state index contributed by atoms with van der Waals surface area (Å²) in [5.74, 6) is -1.73. The molecular weight excluding hydrogens is 409 g/mol. The Labute approximate surface area is 171 Å². The van der Waals surface area contributed by atoms with Gasteiger partial charge in [0.25, 0.3) is 5.91 Å². The summed E-state index contributed by atoms with van der Waals surface area (Å²) >= 11 is 1.61. The zero-order chi connectivity index (χ0) is 21.0. The number of nitrogens with zero attached hydrogens (tertiary/aromatic N) is 2. The zero-order valence-corrected chi connectivity index (χ0v) is 16.8. The van der Waals surface area contributed by atoms with Crippen molar-refractivity contribution in [2.75, 3.05) is 32.8 Å². The summed E-state index contributed by atoms with van der Waals surface area (Å²) < 4.78 is 37.2. The van der Waals surface area contributed by atoms with Crippen molar-refractivity contribution in [1.82, 2.24) is 9.80 Å². The van der Waals surface area contributed by atoms with Crippen molar-refractivity contribution < 1.29 is 32.6 Å². The molecule has 0 saturated carbocycles. The summed E-state index contributed by atoms with van der Waals surface area (Å²) in [5.41, 5.74) is 0.869. The molecular formula is C19H25F3N2O4S. The van der Waals surface area contributed by atoms with E-state index in [0.717, 1.165) is 50.6 Å². The van der Waals surface area contributed by atoms with Gasteiger partial charge in [-0.3, -0.25) is 9.69 Å². The van der Waals surface area contributed by atoms with Crippen molar-refractivity contribution in [2.45, 2.75) is 43.9 Å². The number of alkyl halides is 3. The third kappa shape index (κ3) is 5.49. The topological polar surface area (TPSA) is 70.1 Å². The highest BCUT2D eigenvalue weighted by Gasteiger charge is 2.44. The minimum Gasteiger partial charge on any atom is -0.475 e. The molecule has 3 aliphatic rings. The largest absolute Gasteiger partial charge is 0.490 e. The first-order chi connectivity index (χ1) is 13.8. The maximum Gasteiger partial charge on any atom is 0.490 e. The second kappa shape index (κ2) is 9.44. The number of hydrogen-bond acceptors (Lipinski definition) is 5. The molecule has 0 aliphatic carbocycles. The number of carboxylic acid groups (broad SMARTS) is 1. The first kappa shape index (κ1) is 22.0. The number of likely N-dealkylation sites (tertiary alicyclic amines) is 2. The van der Waals surface area contributed by atoms with Gasteiger partial charge in [0.05, 0.1) is 5.56 Å². The molecule has 0 radical (unpaired) electrons. The van der Waals surface area contributed by atoms with Gasteiger partial charge in [-0.25, -0.2) is 4.79 Å². The van der Waals surface area contributed by atoms with Crippen molar-refractivity contribution in [1.29, 1.82) is 0 Å². The van der Waals surface area contributed by atoms with Crippen molar-refractivity contribution in [3.63, 3.8) is 0 Å². The molecule has 29 heavy (non-hydrogen) atoms. The molecule has 2 atom stereocenters. The molecule has 1 aromatic heterocycles. The van der Waals surface area contributed by atoms with Gasteiger partial charge in [-0.1, -0.05) is 0 Å². The molecule has 0 bridgehead atoms. The van der Waals surface area contributed by atoms with Gasteiger partial charge in [0.1, 0.15) is 0 Å². The monoisotopic (exact) mass is 434 g/mol. The highest BCUT2D eigenvalue weighted by atomic mass is 32.1. The van der Waals surface area contributed by atoms with Gasteiger partial charge in [0, 0.05) is 50.3 Å². The van der Waals surface area contributed by atoms with Crippen LogP contribution < -0.4 is 0 Å². The van der Waals surface area contributed by atoms with Gasteiger partial charge in [-0.05, 0) is 43.0 Å². The fourth-order valence-corrected chi connectivity index (χ4v) is 5.00. The Kier molecular flexibility index (Phi) is 7.18. The number of carbonyl (C=O) groups excluding carboxylic acids is 1. The minimum atomic E-state index is -5.08. The Hall–Kier alpha value is -1.65. The molecule has 1 amide bonds. The molecule has 4 heterocycles. The number of thiophene rings is 1. The standard InChI is InChI=1S/C17H24N2O2S.C2HF3O2/c20-17(14-5-10-22-12-14)19-7-2-15-16(19)1-6-18(15)11-13-3-8-21-9-4-13;3-2(4,5)1(6)7/h5,10,12-13,15-16H,1-4,6-9,11H2;(H,6,7)/t15-,16+;/m0./s1. The van der Waals surface area contributed by atoms with Crippen molar-refractivity contribution >= 4 is 23.2 Å². The molecule has 1 aromatic rings. The molecule has 3 fully saturated rings. The second-order valence-electron chi connectivity index (χ2n) is 7.58. The molecule has 3 aliphatic heterocycles. The molecule has 1 N–H and O–H groups in total. The Morgan fingerprint density at radius 1 is 1.14 bits per heavy atom. The van der Waals surface area contributed by atoms with Crippen LogP contribution in [0.25, 0.3) is 0 Å². The Bertz CT molecular complexity index is 692. The maximum absolute atomic E-state index is 12.6. The van der Waals surface area contributed by atoms with Crippen LogP contribution in [0.1, 0.15) is 36.0 Å². The zero-order valence-electron chi connectivity index (χ0n) is 15.9. The van der Waals surface area contributed by atoms with Crippen LogP contribution >= 0.6 is 11.3 Å². The normalized spacial score (nSPS) is 25.4. The highest BCUT2D eigenvalue weighted by molar-refractivity contribution is 7.08. The van der Waals surface area contributed by atoms with E-state index in [1.807, 2.05) is 16.8 Å². The molecule has 3 saturated heterocycles. The smallest absolute Gasteiger partial charge is 0.475 e. The fourth-order valence-electron chi connectivity index (χ4n) is 4.37. The number of rotatable bonds is 3. The van der Waals surface area contributed by atoms with Gasteiger partial charge in [-0.2, -0.15) is 24.5 Å². The number of carboxylic acids is 1. The minimum absolute atomic E-state index is 0.238. The van der Waals surface area contributed by atoms with Gasteiger partial charge in [-0.15, -0.1) is 0 Å². The lowest BCUT2D eigenvalue weighted by molar-refractivity contribution is -0.192. The van der Waals surface area contributed by atoms with Crippen LogP contribution in [0.15, 0.2) is 16.8 Å². The summed E-state index contributed by atoms with van der Waals surface area (Å²) in [5, 5.41) is 11.1. The van der Waals surface area contributed by atoms with Crippen molar-refractivity contribution in [3.05, 3.63) is 22.4 Å². The summed E-state index contributed by atoms with van der Waals surface area (Å²) in [6.07, 6.45) is -0.398. The van der Waals surface area contributed by atoms with Gasteiger partial charge in [0.15, 0.2) is 0 Å². The number of fused-ring (bicyclic) bond motifs is 1. The van der Waals surface area contributed by atoms with Crippen molar-refractivity contribution in [2.24, 2.45) is 5.92 Å². The lowest BCUT2D eigenvalue weighted by Gasteiger charge is -2.30. The first-order valence-electron chi connectivity index (χ1n) is 9.72. The van der Waals surface area contributed by atoms with Crippen LogP contribution in [0, 0.1) is 5.92 Å². The molecule has 10 heteroatoms. The Morgan fingerprint density at radius 2 is 1.79 bits per heavy atom. The van der Waals surface area contributed by atoms with E-state index in [4.69, 9.17) is 14.6 Å². The Morgan fingerprint density at radius 3 is 2.38 bits per heavy atom. The molecule has 0 unspecified atom stereocenters. The van der Waals surface area contributed by atoms with Crippen LogP contribution in [0.3, 0.4) is 0 Å². The predicted octanol–water partition coefficient (Wildman–Crippen LogP) is 3.10. The molecule has 0 spiro atoms. The van der Waals surface area contributed by atoms with E-state index in [9.17, 15) is 18.0 Å². The summed E-state index contributed by atoms with van der Waals surface area (Å²) in [6, 6.07) is 2.98. The second-order valence-corrected chi connectivity index (χ2v) is 8.36. The SMILES string of the molecule is O=C(O)C(F)(F)F.O=C(c1ccsc1)N1CC[C@H]2[C@H]1CCN2CC1CCOCC1. The number of carbonyl (C=O) groups is 2. The van der Waals surface area contributed by atoms with Crippen LogP contribution in [-0.4, -0.2) is 77.9 Å². The quantitative estimate of drug-likeness (QED) is 0.792. The fraction of sp³-hybridized carbons (Fsp3) is 0.684. The molecule has 0 aromatic carbocycles. The summed E-state index contributed by atoms with van der Waals surface area (Å²) in [4.78, 5) is 26.3. The van der Waals surface area contributed by atoms with E-state index in [1.165, 1.54) is 19.4 Å². The maximum atomic E-state index is 12.6. The summed E-state index contributed by atoms with van der Waals surface area (Å²) in [6.45, 7) is 5.13. The number of amides is 1. The van der Waals surface area contributed by atoms with Crippen molar-refractivity contribution in [3.8, 4) is 0 Å². The van der Waals surface area contributed by atoms with Crippen LogP contribution in [0.2, 0.25) is 0 Å². The van der Waals surface area contributed by atoms with E-state index >= 15 is 0 Å². The number of hydrogen-bond donors (Lipinski definition) is 1. The third-order valence-electron chi connectivity index (χ3n) is 5.80. The number of halogens is 3. The predicted molar refractivity (Wildman–Crippen MR) is 101 cm³/mol. The number of aliphatic carboxylic acids is 1.